The lowest BCUT2D eigenvalue weighted by Gasteiger charge is -2.32. The molecule has 3 saturated carbocycles. The van der Waals surface area contributed by atoms with E-state index in [4.69, 9.17) is 20.9 Å². The van der Waals surface area contributed by atoms with Gasteiger partial charge in [0.05, 0.1) is 86.2 Å². The van der Waals surface area contributed by atoms with Crippen LogP contribution in [0.1, 0.15) is 141 Å². The first-order valence-corrected chi connectivity index (χ1v) is 36.9. The molecule has 3 aliphatic heterocycles. The van der Waals surface area contributed by atoms with Crippen molar-refractivity contribution in [3.05, 3.63) is 149 Å². The minimum absolute atomic E-state index is 0. The Labute approximate surface area is 650 Å². The molecule has 2 aromatic carbocycles. The van der Waals surface area contributed by atoms with Gasteiger partial charge in [-0.3, -0.25) is 14.4 Å². The van der Waals surface area contributed by atoms with E-state index in [1.807, 2.05) is 76.6 Å². The third-order valence-corrected chi connectivity index (χ3v) is 20.8. The van der Waals surface area contributed by atoms with Crippen LogP contribution in [0.3, 0.4) is 0 Å². The number of urea groups is 3. The number of aromatic nitrogens is 8. The minimum Gasteiger partial charge on any atom is -0.461 e. The number of hydrogen-bond donors (Lipinski definition) is 5. The van der Waals surface area contributed by atoms with E-state index in [1.54, 1.807) is 24.5 Å². The van der Waals surface area contributed by atoms with E-state index in [2.05, 4.69) is 46.3 Å². The maximum atomic E-state index is 13.9. The van der Waals surface area contributed by atoms with Crippen LogP contribution in [0.25, 0.3) is 11.3 Å². The van der Waals surface area contributed by atoms with E-state index in [0.29, 0.717) is 52.2 Å². The number of alkyl halides is 16. The zero-order chi connectivity index (χ0) is 81.1. The van der Waals surface area contributed by atoms with Gasteiger partial charge in [0.2, 0.25) is 17.8 Å². The summed E-state index contributed by atoms with van der Waals surface area (Å²) in [5.74, 6) is -10.5. The van der Waals surface area contributed by atoms with Crippen LogP contribution in [0, 0.1) is 23.7 Å². The monoisotopic (exact) mass is 1700 g/mol. The summed E-state index contributed by atoms with van der Waals surface area (Å²) in [6, 6.07) is 14.5. The predicted octanol–water partition coefficient (Wildman–Crippen LogP) is 13.7. The van der Waals surface area contributed by atoms with E-state index in [0.717, 1.165) is 25.8 Å². The van der Waals surface area contributed by atoms with Crippen molar-refractivity contribution < 1.29 is 104 Å². The molecule has 41 heteroatoms. The average Bonchev–Trinajstić information content (AvgIpc) is 1.66. The van der Waals surface area contributed by atoms with E-state index < -0.39 is 122 Å². The Hall–Kier alpha value is -9.34. The number of halogens is 17. The highest BCUT2D eigenvalue weighted by molar-refractivity contribution is 9.09. The molecule has 8 heterocycles. The molecule has 0 radical (unpaired) electrons. The lowest BCUT2D eigenvalue weighted by atomic mass is 9.76. The van der Waals surface area contributed by atoms with Crippen molar-refractivity contribution in [2.75, 3.05) is 30.7 Å². The average molecular weight is 1700 g/mol. The number of benzene rings is 2. The largest absolute Gasteiger partial charge is 0.461 e. The quantitative estimate of drug-likeness (QED) is 0.0254. The van der Waals surface area contributed by atoms with Crippen LogP contribution in [0.2, 0.25) is 0 Å². The first kappa shape index (κ1) is 87.6. The summed E-state index contributed by atoms with van der Waals surface area (Å²) in [6.07, 6.45) is -5.92. The SMILES string of the molecule is Cl.N[C@H](c1cn2ncc(CN3C[C@@H](C(F)(F)F)NC3=O)cc2n1)C1CCC(F)(F)CC1.Nc1cc(CN2C[C@@H](C(F)(F)F)NC2=O)cnn1.O=C(C[C@H](C(=O)CBr)C1CCC(F)(F)CC1)OCc1ccccc1.O=C(C[C@H](c1cn2ncc(CN3C[C@@H](C(F)(F)F)NC3=O)cc2n1)C1CCC(F)(F)CC1)OCc1ccccc1. The highest BCUT2D eigenvalue weighted by atomic mass is 79.9. The number of anilines is 1. The van der Waals surface area contributed by atoms with Gasteiger partial charge in [-0.15, -0.1) is 17.5 Å². The summed E-state index contributed by atoms with van der Waals surface area (Å²) in [4.78, 5) is 84.4. The summed E-state index contributed by atoms with van der Waals surface area (Å²) in [5.41, 5.74) is 16.6. The molecule has 0 spiro atoms. The normalized spacial score (nSPS) is 20.7. The molecule has 7 N–H and O–H groups in total. The van der Waals surface area contributed by atoms with Gasteiger partial charge in [-0.1, -0.05) is 76.6 Å². The molecule has 3 aliphatic carbocycles. The third kappa shape index (κ3) is 24.8. The summed E-state index contributed by atoms with van der Waals surface area (Å²) >= 11 is 3.12. The van der Waals surface area contributed by atoms with Crippen molar-refractivity contribution in [1.29, 1.82) is 0 Å². The number of nitrogens with zero attached hydrogens (tertiary/aromatic N) is 11. The molecule has 0 bridgehead atoms. The molecule has 6 amide bonds. The van der Waals surface area contributed by atoms with Gasteiger partial charge in [-0.25, -0.2) is 59.7 Å². The number of esters is 2. The number of ether oxygens (including phenoxy) is 2. The second-order valence-corrected chi connectivity index (χ2v) is 29.1. The number of carbonyl (C=O) groups is 6. The molecule has 13 rings (SSSR count). The highest BCUT2D eigenvalue weighted by Gasteiger charge is 2.50. The van der Waals surface area contributed by atoms with E-state index in [1.165, 1.54) is 33.7 Å². The van der Waals surface area contributed by atoms with Crippen molar-refractivity contribution >= 4 is 81.3 Å². The highest BCUT2D eigenvalue weighted by Crippen LogP contribution is 2.45. The molecule has 24 nitrogen and oxygen atoms in total. The summed E-state index contributed by atoms with van der Waals surface area (Å²) < 4.78 is 210. The van der Waals surface area contributed by atoms with E-state index in [-0.39, 0.29) is 157 Å². The number of amides is 6. The van der Waals surface area contributed by atoms with Crippen molar-refractivity contribution in [1.82, 2.24) is 70.0 Å². The molecule has 616 valence electrons. The van der Waals surface area contributed by atoms with Crippen molar-refractivity contribution in [2.45, 2.75) is 189 Å². The molecule has 113 heavy (non-hydrogen) atoms. The van der Waals surface area contributed by atoms with Crippen molar-refractivity contribution in [3.63, 3.8) is 0 Å². The fraction of sp³-hybridized carbons (Fsp3) is 0.528. The molecule has 3 saturated heterocycles. The Morgan fingerprint density at radius 2 is 0.894 bits per heavy atom. The van der Waals surface area contributed by atoms with Crippen molar-refractivity contribution in [3.8, 4) is 0 Å². The Morgan fingerprint density at radius 1 is 0.522 bits per heavy atom. The molecular formula is C72H81BrClF15N16O8. The number of ketones is 1. The smallest absolute Gasteiger partial charge is 0.410 e. The second kappa shape index (κ2) is 37.3. The van der Waals surface area contributed by atoms with Crippen LogP contribution in [0.5, 0.6) is 0 Å². The fourth-order valence-electron chi connectivity index (χ4n) is 14.0. The Balaban J connectivity index is 0.000000179. The molecule has 7 aromatic rings. The Morgan fingerprint density at radius 3 is 1.28 bits per heavy atom. The first-order chi connectivity index (χ1) is 52.8. The molecule has 6 atom stereocenters. The number of imidazole rings is 2. The topological polar surface area (TPSA) is 305 Å². The van der Waals surface area contributed by atoms with Gasteiger partial charge >= 0.3 is 48.6 Å². The summed E-state index contributed by atoms with van der Waals surface area (Å²) in [5, 5.41) is 21.4. The van der Waals surface area contributed by atoms with Gasteiger partial charge in [-0.05, 0) is 102 Å². The van der Waals surface area contributed by atoms with E-state index >= 15 is 0 Å². The van der Waals surface area contributed by atoms with Crippen molar-refractivity contribution in [2.24, 2.45) is 29.4 Å². The van der Waals surface area contributed by atoms with Gasteiger partial charge in [-0.2, -0.15) is 54.8 Å². The lowest BCUT2D eigenvalue weighted by molar-refractivity contribution is -0.150. The molecule has 6 fully saturated rings. The number of nitrogens with one attached hydrogen (secondary N) is 3. The fourth-order valence-corrected chi connectivity index (χ4v) is 14.4. The van der Waals surface area contributed by atoms with Gasteiger partial charge in [0.25, 0.3) is 0 Å². The van der Waals surface area contributed by atoms with Gasteiger partial charge in [0.15, 0.2) is 11.3 Å². The number of nitrogens with two attached hydrogens (primary N) is 2. The maximum absolute atomic E-state index is 13.9. The Kier molecular flexibility index (Phi) is 28.9. The number of fused-ring (bicyclic) bond motifs is 2. The van der Waals surface area contributed by atoms with Crippen LogP contribution in [-0.2, 0) is 56.7 Å². The number of rotatable bonds is 21. The van der Waals surface area contributed by atoms with Crippen LogP contribution in [0.4, 0.5) is 86.1 Å². The third-order valence-electron chi connectivity index (χ3n) is 20.2. The second-order valence-electron chi connectivity index (χ2n) is 28.5. The summed E-state index contributed by atoms with van der Waals surface area (Å²) in [7, 11) is 0. The Bertz CT molecular complexity index is 4370. The standard InChI is InChI=1S/C27H28F5N5O3.C18H21BrF2O3.C18H21F5N6O.C9H10F3N5O.ClH/c28-26(29)8-6-19(7-9-26)20(11-24(38)40-16-17-4-2-1-3-5-17)21-14-37-23(34-21)10-18(12-33-37)13-36-15-22(27(30,31)32)35-25(36)39;19-11-16(22)15(14-6-8-18(20,21)9-7-14)10-17(23)24-12-13-4-2-1-3-5-13;19-17(20)3-1-11(2-4-17)15(24)12-8-29-14(26-12)5-10(6-25-29)7-28-9-13(18(21,22)23)27-16(28)30;10-9(11,12)6-4-17(8(18)15-6)3-5-1-7(13)16-14-2-5;/h1-5,10,12,14,19-20,22H,6-9,11,13,15-16H2,(H,35,39);1-5,14-15H,6-12H2;5-6,8,11,13,15H,1-4,7,9,24H2,(H,27,30);1-2,6H,3-4H2,(H2,13,16)(H,15,18);1H/t20-,22-;15-;13-,15-;6-;/m0000./s1. The zero-order valence-electron chi connectivity index (χ0n) is 60.1. The number of carbonyl (C=O) groups excluding carboxylic acids is 6. The lowest BCUT2D eigenvalue weighted by Crippen LogP contribution is -2.40. The van der Waals surface area contributed by atoms with Gasteiger partial charge in [0, 0.05) is 70.0 Å². The molecule has 0 unspecified atom stereocenters. The van der Waals surface area contributed by atoms with Crippen LogP contribution >= 0.6 is 28.3 Å². The molecule has 6 aliphatic rings. The van der Waals surface area contributed by atoms with Crippen LogP contribution in [0.15, 0.2) is 110 Å². The van der Waals surface area contributed by atoms with Crippen LogP contribution < -0.4 is 27.4 Å². The summed E-state index contributed by atoms with van der Waals surface area (Å²) in [6.45, 7) is -1.33. The molecular weight excluding hydrogens is 1620 g/mol. The van der Waals surface area contributed by atoms with Crippen LogP contribution in [-0.4, -0.2) is 169 Å². The maximum Gasteiger partial charge on any atom is 0.410 e. The zero-order valence-corrected chi connectivity index (χ0v) is 62.6. The molecule has 5 aromatic heterocycles. The minimum atomic E-state index is -4.55. The number of hydrogen-bond acceptors (Lipinski definition) is 16. The number of nitrogen functional groups attached to an aromatic ring is 1. The van der Waals surface area contributed by atoms with Gasteiger partial charge < -0.3 is 51.6 Å². The van der Waals surface area contributed by atoms with Gasteiger partial charge in [0.1, 0.15) is 42.9 Å². The first-order valence-electron chi connectivity index (χ1n) is 35.7. The van der Waals surface area contributed by atoms with E-state index in [9.17, 15) is 94.6 Å². The predicted molar refractivity (Wildman–Crippen MR) is 380 cm³/mol. The number of Topliss-reactive ketones (excluding diaryl/α,β-unsaturated/α-hetero) is 1.